The first-order valence-electron chi connectivity index (χ1n) is 5.40. The Kier molecular flexibility index (Phi) is 3.74. The zero-order valence-corrected chi connectivity index (χ0v) is 11.3. The molecule has 1 aromatic heterocycles. The standard InChI is InChI=1S/C13H13BrN2O/c1-9(2)12-7-13(16-8-15-12)17-11-5-3-4-10(14)6-11/h3-9H,1-2H3. The fourth-order valence-electron chi connectivity index (χ4n) is 1.38. The van der Waals surface area contributed by atoms with Crippen molar-refractivity contribution in [2.24, 2.45) is 0 Å². The lowest BCUT2D eigenvalue weighted by Gasteiger charge is -2.07. The van der Waals surface area contributed by atoms with Crippen LogP contribution < -0.4 is 4.74 Å². The van der Waals surface area contributed by atoms with Crippen molar-refractivity contribution in [3.63, 3.8) is 0 Å². The molecule has 0 saturated heterocycles. The molecule has 3 nitrogen and oxygen atoms in total. The average Bonchev–Trinajstić information content (AvgIpc) is 2.29. The third kappa shape index (κ3) is 3.27. The molecule has 0 aliphatic heterocycles. The van der Waals surface area contributed by atoms with Crippen LogP contribution >= 0.6 is 15.9 Å². The minimum Gasteiger partial charge on any atom is -0.439 e. The molecule has 0 bridgehead atoms. The van der Waals surface area contributed by atoms with Gasteiger partial charge in [0.2, 0.25) is 5.88 Å². The molecule has 0 N–H and O–H groups in total. The lowest BCUT2D eigenvalue weighted by molar-refractivity contribution is 0.459. The van der Waals surface area contributed by atoms with Gasteiger partial charge in [-0.3, -0.25) is 0 Å². The topological polar surface area (TPSA) is 35.0 Å². The van der Waals surface area contributed by atoms with Crippen LogP contribution in [0.15, 0.2) is 41.1 Å². The van der Waals surface area contributed by atoms with Gasteiger partial charge in [0.15, 0.2) is 0 Å². The predicted molar refractivity (Wildman–Crippen MR) is 70.3 cm³/mol. The molecule has 0 amide bonds. The fourth-order valence-corrected chi connectivity index (χ4v) is 1.75. The summed E-state index contributed by atoms with van der Waals surface area (Å²) < 4.78 is 6.65. The van der Waals surface area contributed by atoms with Crippen molar-refractivity contribution >= 4 is 15.9 Å². The van der Waals surface area contributed by atoms with Crippen molar-refractivity contribution < 1.29 is 4.74 Å². The summed E-state index contributed by atoms with van der Waals surface area (Å²) in [6, 6.07) is 9.53. The summed E-state index contributed by atoms with van der Waals surface area (Å²) in [4.78, 5) is 8.30. The van der Waals surface area contributed by atoms with Gasteiger partial charge in [-0.1, -0.05) is 35.8 Å². The zero-order chi connectivity index (χ0) is 12.3. The van der Waals surface area contributed by atoms with Crippen LogP contribution in [0.1, 0.15) is 25.5 Å². The molecule has 0 radical (unpaired) electrons. The maximum Gasteiger partial charge on any atom is 0.222 e. The second-order valence-corrected chi connectivity index (χ2v) is 4.91. The Labute approximate surface area is 109 Å². The quantitative estimate of drug-likeness (QED) is 0.852. The highest BCUT2D eigenvalue weighted by Gasteiger charge is 2.04. The van der Waals surface area contributed by atoms with E-state index in [1.54, 1.807) is 0 Å². The summed E-state index contributed by atoms with van der Waals surface area (Å²) in [5.74, 6) is 1.69. The van der Waals surface area contributed by atoms with Crippen molar-refractivity contribution in [2.75, 3.05) is 0 Å². The van der Waals surface area contributed by atoms with Crippen LogP contribution in [0, 0.1) is 0 Å². The Morgan fingerprint density at radius 2 is 2.00 bits per heavy atom. The lowest BCUT2D eigenvalue weighted by atomic mass is 10.1. The second kappa shape index (κ2) is 5.27. The van der Waals surface area contributed by atoms with E-state index >= 15 is 0 Å². The molecule has 4 heteroatoms. The minimum absolute atomic E-state index is 0.364. The van der Waals surface area contributed by atoms with Gasteiger partial charge in [-0.05, 0) is 24.1 Å². The second-order valence-electron chi connectivity index (χ2n) is 4.00. The fraction of sp³-hybridized carbons (Fsp3) is 0.231. The average molecular weight is 293 g/mol. The van der Waals surface area contributed by atoms with E-state index in [-0.39, 0.29) is 0 Å². The Balaban J connectivity index is 2.21. The van der Waals surface area contributed by atoms with Crippen molar-refractivity contribution in [1.29, 1.82) is 0 Å². The molecule has 2 aromatic rings. The summed E-state index contributed by atoms with van der Waals surface area (Å²) in [6.07, 6.45) is 1.53. The molecule has 1 heterocycles. The first kappa shape index (κ1) is 12.0. The van der Waals surface area contributed by atoms with Crippen LogP contribution in [-0.4, -0.2) is 9.97 Å². The van der Waals surface area contributed by atoms with Gasteiger partial charge in [0.1, 0.15) is 12.1 Å². The van der Waals surface area contributed by atoms with E-state index in [9.17, 15) is 0 Å². The summed E-state index contributed by atoms with van der Waals surface area (Å²) >= 11 is 3.40. The summed E-state index contributed by atoms with van der Waals surface area (Å²) in [6.45, 7) is 4.18. The number of nitrogens with zero attached hydrogens (tertiary/aromatic N) is 2. The van der Waals surface area contributed by atoms with Crippen LogP contribution in [0.2, 0.25) is 0 Å². The van der Waals surface area contributed by atoms with Gasteiger partial charge in [0.25, 0.3) is 0 Å². The van der Waals surface area contributed by atoms with E-state index in [1.165, 1.54) is 6.33 Å². The summed E-state index contributed by atoms with van der Waals surface area (Å²) in [7, 11) is 0. The van der Waals surface area contributed by atoms with Crippen LogP contribution in [0.25, 0.3) is 0 Å². The molecule has 0 unspecified atom stereocenters. The SMILES string of the molecule is CC(C)c1cc(Oc2cccc(Br)c2)ncn1. The molecule has 0 aliphatic carbocycles. The monoisotopic (exact) mass is 292 g/mol. The Morgan fingerprint density at radius 3 is 2.71 bits per heavy atom. The highest BCUT2D eigenvalue weighted by atomic mass is 79.9. The van der Waals surface area contributed by atoms with Gasteiger partial charge in [-0.25, -0.2) is 9.97 Å². The Morgan fingerprint density at radius 1 is 1.18 bits per heavy atom. The van der Waals surface area contributed by atoms with Gasteiger partial charge < -0.3 is 4.74 Å². The van der Waals surface area contributed by atoms with Crippen molar-refractivity contribution in [3.05, 3.63) is 46.8 Å². The normalized spacial score (nSPS) is 10.6. The van der Waals surface area contributed by atoms with E-state index in [0.29, 0.717) is 11.8 Å². The maximum absolute atomic E-state index is 5.67. The van der Waals surface area contributed by atoms with Gasteiger partial charge in [-0.2, -0.15) is 0 Å². The molecule has 1 aromatic carbocycles. The smallest absolute Gasteiger partial charge is 0.222 e. The van der Waals surface area contributed by atoms with Crippen molar-refractivity contribution in [1.82, 2.24) is 9.97 Å². The number of ether oxygens (including phenoxy) is 1. The number of halogens is 1. The van der Waals surface area contributed by atoms with Crippen LogP contribution in [0.3, 0.4) is 0 Å². The van der Waals surface area contributed by atoms with E-state index in [0.717, 1.165) is 15.9 Å². The molecule has 0 fully saturated rings. The molecule has 17 heavy (non-hydrogen) atoms. The molecule has 88 valence electrons. The van der Waals surface area contributed by atoms with E-state index < -0.39 is 0 Å². The highest BCUT2D eigenvalue weighted by molar-refractivity contribution is 9.10. The van der Waals surface area contributed by atoms with Crippen molar-refractivity contribution in [3.8, 4) is 11.6 Å². The Hall–Kier alpha value is -1.42. The molecule has 0 atom stereocenters. The van der Waals surface area contributed by atoms with Gasteiger partial charge in [0, 0.05) is 10.5 Å². The number of benzene rings is 1. The Bertz CT molecular complexity index is 514. The van der Waals surface area contributed by atoms with Gasteiger partial charge in [0.05, 0.1) is 5.69 Å². The zero-order valence-electron chi connectivity index (χ0n) is 9.72. The molecule has 0 spiro atoms. The number of hydrogen-bond donors (Lipinski definition) is 0. The first-order chi connectivity index (χ1) is 8.15. The first-order valence-corrected chi connectivity index (χ1v) is 6.20. The summed E-state index contributed by atoms with van der Waals surface area (Å²) in [5.41, 5.74) is 0.977. The third-order valence-corrected chi connectivity index (χ3v) is 2.77. The van der Waals surface area contributed by atoms with Gasteiger partial charge >= 0.3 is 0 Å². The minimum atomic E-state index is 0.364. The predicted octanol–water partition coefficient (Wildman–Crippen LogP) is 4.15. The third-order valence-electron chi connectivity index (χ3n) is 2.27. The van der Waals surface area contributed by atoms with E-state index in [2.05, 4.69) is 39.7 Å². The lowest BCUT2D eigenvalue weighted by Crippen LogP contribution is -1.95. The maximum atomic E-state index is 5.67. The number of aromatic nitrogens is 2. The van der Waals surface area contributed by atoms with Crippen LogP contribution in [0.5, 0.6) is 11.6 Å². The molecule has 0 aliphatic rings. The van der Waals surface area contributed by atoms with Crippen molar-refractivity contribution in [2.45, 2.75) is 19.8 Å². The molecule has 2 rings (SSSR count). The number of hydrogen-bond acceptors (Lipinski definition) is 3. The van der Waals surface area contributed by atoms with E-state index in [4.69, 9.17) is 4.74 Å². The van der Waals surface area contributed by atoms with Crippen LogP contribution in [-0.2, 0) is 0 Å². The molecular weight excluding hydrogens is 280 g/mol. The molecular formula is C13H13BrN2O. The highest BCUT2D eigenvalue weighted by Crippen LogP contribution is 2.24. The molecule has 0 saturated carbocycles. The largest absolute Gasteiger partial charge is 0.439 e. The summed E-state index contributed by atoms with van der Waals surface area (Å²) in [5, 5.41) is 0. The van der Waals surface area contributed by atoms with Gasteiger partial charge in [-0.15, -0.1) is 0 Å². The van der Waals surface area contributed by atoms with Crippen LogP contribution in [0.4, 0.5) is 0 Å². The van der Waals surface area contributed by atoms with E-state index in [1.807, 2.05) is 30.3 Å². The number of rotatable bonds is 3.